The summed E-state index contributed by atoms with van der Waals surface area (Å²) in [5.41, 5.74) is 12.1. The summed E-state index contributed by atoms with van der Waals surface area (Å²) in [6.45, 7) is 0.244. The van der Waals surface area contributed by atoms with Crippen molar-refractivity contribution in [3.8, 4) is 33.8 Å². The smallest absolute Gasteiger partial charge is 0.238 e. The van der Waals surface area contributed by atoms with Crippen LogP contribution in [0.15, 0.2) is 73.2 Å². The number of aromatic amines is 2. The quantitative estimate of drug-likeness (QED) is 0.196. The number of carbonyl (C=O) groups excluding carboxylic acids is 1. The third-order valence-corrected chi connectivity index (χ3v) is 8.36. The molecule has 0 radical (unpaired) electrons. The molecule has 0 fully saturated rings. The Kier molecular flexibility index (Phi) is 7.45. The predicted molar refractivity (Wildman–Crippen MR) is 169 cm³/mol. The van der Waals surface area contributed by atoms with Gasteiger partial charge in [-0.05, 0) is 73.3 Å². The van der Waals surface area contributed by atoms with Gasteiger partial charge in [0.25, 0.3) is 0 Å². The fourth-order valence-electron chi connectivity index (χ4n) is 5.13. The van der Waals surface area contributed by atoms with Crippen molar-refractivity contribution in [2.24, 2.45) is 5.73 Å². The summed E-state index contributed by atoms with van der Waals surface area (Å²) in [5.74, 6) is -0.737. The van der Waals surface area contributed by atoms with Crippen molar-refractivity contribution in [2.45, 2.75) is 5.37 Å². The number of nitrogens with one attached hydrogen (secondary N) is 3. The van der Waals surface area contributed by atoms with E-state index < -0.39 is 21.0 Å². The molecule has 11 nitrogen and oxygen atoms in total. The SMILES string of the molecule is CN(C)CC(=O)Nc1cncc(-c2cc3c(-c4cc5c(-c6cc(F)cc(C(N)S(C)(=O)=O)c6)cccc5[nH]4)n[nH]c3cn2)c1. The number of pyridine rings is 2. The van der Waals surface area contributed by atoms with E-state index in [2.05, 4.69) is 30.5 Å². The number of hydrogen-bond donors (Lipinski definition) is 4. The Hall–Kier alpha value is -4.98. The standard InChI is InChI=1S/C31H29FN8O3S/c1-40(2)16-29(41)36-21-10-19(13-34-14-21)26-12-24-28(15-35-26)38-39-30(24)27-11-23-22(5-4-6-25(23)37-27)17-7-18(9-20(32)8-17)31(33)44(3,42)43/h4-15,31,37H,16,33H2,1-3H3,(H,36,41)(H,38,39). The molecule has 1 atom stereocenters. The molecular weight excluding hydrogens is 583 g/mol. The highest BCUT2D eigenvalue weighted by atomic mass is 32.2. The molecule has 0 spiro atoms. The minimum absolute atomic E-state index is 0.152. The number of H-pyrrole nitrogens is 2. The number of fused-ring (bicyclic) bond motifs is 2. The number of nitrogens with zero attached hydrogens (tertiary/aromatic N) is 4. The van der Waals surface area contributed by atoms with Gasteiger partial charge in [-0.3, -0.25) is 19.9 Å². The van der Waals surface area contributed by atoms with Crippen LogP contribution in [-0.4, -0.2) is 71.3 Å². The van der Waals surface area contributed by atoms with E-state index in [0.717, 1.165) is 39.7 Å². The molecule has 0 saturated heterocycles. The maximum absolute atomic E-state index is 14.7. The van der Waals surface area contributed by atoms with Crippen LogP contribution in [0.3, 0.4) is 0 Å². The monoisotopic (exact) mass is 612 g/mol. The molecule has 0 bridgehead atoms. The highest BCUT2D eigenvalue weighted by Gasteiger charge is 2.21. The Morgan fingerprint density at radius 3 is 2.61 bits per heavy atom. The number of likely N-dealkylation sites (N-methyl/N-ethyl adjacent to an activating group) is 1. The van der Waals surface area contributed by atoms with E-state index in [4.69, 9.17) is 5.73 Å². The molecule has 4 aromatic heterocycles. The van der Waals surface area contributed by atoms with Crippen LogP contribution in [0.25, 0.3) is 55.6 Å². The van der Waals surface area contributed by atoms with Crippen molar-refractivity contribution in [1.82, 2.24) is 30.0 Å². The van der Waals surface area contributed by atoms with E-state index in [1.54, 1.807) is 29.6 Å². The minimum atomic E-state index is -3.63. The van der Waals surface area contributed by atoms with Crippen molar-refractivity contribution < 1.29 is 17.6 Å². The summed E-state index contributed by atoms with van der Waals surface area (Å²) in [5, 5.41) is 10.7. The van der Waals surface area contributed by atoms with Crippen LogP contribution in [0, 0.1) is 5.82 Å². The Balaban J connectivity index is 1.39. The first-order valence-corrected chi connectivity index (χ1v) is 15.5. The van der Waals surface area contributed by atoms with Gasteiger partial charge in [-0.25, -0.2) is 12.8 Å². The van der Waals surface area contributed by atoms with Gasteiger partial charge in [0.15, 0.2) is 9.84 Å². The number of amides is 1. The minimum Gasteiger partial charge on any atom is -0.353 e. The number of aromatic nitrogens is 5. The molecule has 5 N–H and O–H groups in total. The third-order valence-electron chi connectivity index (χ3n) is 7.17. The Morgan fingerprint density at radius 1 is 1.02 bits per heavy atom. The second-order valence-corrected chi connectivity index (χ2v) is 13.1. The van der Waals surface area contributed by atoms with Crippen LogP contribution < -0.4 is 11.1 Å². The number of rotatable bonds is 8. The number of nitrogens with two attached hydrogens (primary N) is 1. The lowest BCUT2D eigenvalue weighted by Crippen LogP contribution is -2.27. The van der Waals surface area contributed by atoms with E-state index in [1.165, 1.54) is 6.07 Å². The molecule has 6 rings (SSSR count). The summed E-state index contributed by atoms with van der Waals surface area (Å²) < 4.78 is 38.8. The van der Waals surface area contributed by atoms with Gasteiger partial charge in [0.2, 0.25) is 5.91 Å². The zero-order chi connectivity index (χ0) is 31.2. The fourth-order valence-corrected chi connectivity index (χ4v) is 5.76. The number of benzene rings is 2. The van der Waals surface area contributed by atoms with Crippen LogP contribution in [0.1, 0.15) is 10.9 Å². The van der Waals surface area contributed by atoms with Gasteiger partial charge in [0.1, 0.15) is 16.9 Å². The largest absolute Gasteiger partial charge is 0.353 e. The van der Waals surface area contributed by atoms with Crippen LogP contribution in [0.2, 0.25) is 0 Å². The average Bonchev–Trinajstić information content (AvgIpc) is 3.59. The molecule has 0 aliphatic rings. The highest BCUT2D eigenvalue weighted by molar-refractivity contribution is 7.90. The molecule has 6 aromatic rings. The number of anilines is 1. The third kappa shape index (κ3) is 5.80. The lowest BCUT2D eigenvalue weighted by Gasteiger charge is -2.12. The van der Waals surface area contributed by atoms with Crippen LogP contribution >= 0.6 is 0 Å². The summed E-state index contributed by atoms with van der Waals surface area (Å²) >= 11 is 0. The van der Waals surface area contributed by atoms with Crippen molar-refractivity contribution in [3.05, 3.63) is 84.6 Å². The average molecular weight is 613 g/mol. The first-order valence-electron chi connectivity index (χ1n) is 13.6. The van der Waals surface area contributed by atoms with Gasteiger partial charge in [0.05, 0.1) is 41.5 Å². The Morgan fingerprint density at radius 2 is 1.84 bits per heavy atom. The van der Waals surface area contributed by atoms with Crippen LogP contribution in [-0.2, 0) is 14.6 Å². The number of halogens is 1. The lowest BCUT2D eigenvalue weighted by molar-refractivity contribution is -0.116. The zero-order valence-electron chi connectivity index (χ0n) is 24.1. The molecule has 0 aliphatic heterocycles. The maximum atomic E-state index is 14.7. The maximum Gasteiger partial charge on any atom is 0.238 e. The van der Waals surface area contributed by atoms with Gasteiger partial charge in [-0.15, -0.1) is 0 Å². The molecule has 2 aromatic carbocycles. The van der Waals surface area contributed by atoms with Crippen LogP contribution in [0.5, 0.6) is 0 Å². The molecule has 1 amide bonds. The van der Waals surface area contributed by atoms with Crippen molar-refractivity contribution >= 4 is 43.2 Å². The van der Waals surface area contributed by atoms with E-state index in [1.807, 2.05) is 50.5 Å². The van der Waals surface area contributed by atoms with Crippen molar-refractivity contribution in [1.29, 1.82) is 0 Å². The number of carbonyl (C=O) groups is 1. The summed E-state index contributed by atoms with van der Waals surface area (Å²) in [6, 6.07) is 15.3. The van der Waals surface area contributed by atoms with E-state index >= 15 is 0 Å². The molecular formula is C31H29FN8O3S. The topological polar surface area (TPSA) is 163 Å². The molecule has 224 valence electrons. The second-order valence-electron chi connectivity index (χ2n) is 10.9. The highest BCUT2D eigenvalue weighted by Crippen LogP contribution is 2.36. The van der Waals surface area contributed by atoms with E-state index in [-0.39, 0.29) is 18.0 Å². The molecule has 0 saturated carbocycles. The van der Waals surface area contributed by atoms with E-state index in [9.17, 15) is 17.6 Å². The molecule has 13 heteroatoms. The van der Waals surface area contributed by atoms with Gasteiger partial charge >= 0.3 is 0 Å². The van der Waals surface area contributed by atoms with Gasteiger partial charge < -0.3 is 20.9 Å². The van der Waals surface area contributed by atoms with Gasteiger partial charge in [0, 0.05) is 34.3 Å². The Bertz CT molecular complexity index is 2160. The number of hydrogen-bond acceptors (Lipinski definition) is 8. The normalized spacial score (nSPS) is 12.7. The number of sulfone groups is 1. The fraction of sp³-hybridized carbons (Fsp3) is 0.161. The summed E-state index contributed by atoms with van der Waals surface area (Å²) in [6.07, 6.45) is 5.96. The lowest BCUT2D eigenvalue weighted by atomic mass is 9.99. The van der Waals surface area contributed by atoms with E-state index in [0.29, 0.717) is 33.9 Å². The molecule has 4 heterocycles. The predicted octanol–water partition coefficient (Wildman–Crippen LogP) is 4.48. The van der Waals surface area contributed by atoms with Crippen molar-refractivity contribution in [3.63, 3.8) is 0 Å². The van der Waals surface area contributed by atoms with Crippen molar-refractivity contribution in [2.75, 3.05) is 32.2 Å². The van der Waals surface area contributed by atoms with Gasteiger partial charge in [-0.2, -0.15) is 5.10 Å². The molecule has 1 unspecified atom stereocenters. The second kappa shape index (κ2) is 11.3. The molecule has 44 heavy (non-hydrogen) atoms. The summed E-state index contributed by atoms with van der Waals surface area (Å²) in [4.78, 5) is 26.3. The zero-order valence-corrected chi connectivity index (χ0v) is 24.9. The van der Waals surface area contributed by atoms with Crippen LogP contribution in [0.4, 0.5) is 10.1 Å². The molecule has 0 aliphatic carbocycles. The first-order chi connectivity index (χ1) is 21.0. The first kappa shape index (κ1) is 29.1. The Labute approximate surface area is 252 Å². The summed E-state index contributed by atoms with van der Waals surface area (Å²) in [7, 11) is 0.00447. The van der Waals surface area contributed by atoms with Gasteiger partial charge in [-0.1, -0.05) is 12.1 Å².